The Bertz CT molecular complexity index is 555. The highest BCUT2D eigenvalue weighted by atomic mass is 16.2. The largest absolute Gasteiger partial charge is 0.348 e. The van der Waals surface area contributed by atoms with Crippen LogP contribution in [0, 0.1) is 0 Å². The number of fused-ring (bicyclic) bond motifs is 1. The van der Waals surface area contributed by atoms with E-state index in [1.807, 2.05) is 0 Å². The van der Waals surface area contributed by atoms with Gasteiger partial charge < -0.3 is 5.32 Å². The molecule has 0 aromatic heterocycles. The van der Waals surface area contributed by atoms with E-state index in [9.17, 15) is 4.79 Å². The highest BCUT2D eigenvalue weighted by Gasteiger charge is 2.21. The summed E-state index contributed by atoms with van der Waals surface area (Å²) in [4.78, 5) is 14.7. The standard InChI is InChI=1S/C20H30N2O/c1-15-7-5-6-12-22(15)14-20(23)21-16(2)18-11-10-17-8-3-4-9-19(17)13-18/h10-11,13,15-16H,3-9,12,14H2,1-2H3,(H,21,23)/t15-,16+/m1/s1. The monoisotopic (exact) mass is 314 g/mol. The van der Waals surface area contributed by atoms with E-state index >= 15 is 0 Å². The van der Waals surface area contributed by atoms with Crippen molar-refractivity contribution < 1.29 is 4.79 Å². The first kappa shape index (κ1) is 16.5. The van der Waals surface area contributed by atoms with Crippen molar-refractivity contribution in [2.45, 2.75) is 70.9 Å². The number of piperidine rings is 1. The molecule has 3 heteroatoms. The topological polar surface area (TPSA) is 32.3 Å². The molecule has 3 rings (SSSR count). The number of carbonyl (C=O) groups excluding carboxylic acids is 1. The highest BCUT2D eigenvalue weighted by molar-refractivity contribution is 5.78. The number of benzene rings is 1. The first-order chi connectivity index (χ1) is 11.1. The second kappa shape index (κ2) is 7.48. The van der Waals surface area contributed by atoms with Crippen LogP contribution in [0.5, 0.6) is 0 Å². The average molecular weight is 314 g/mol. The van der Waals surface area contributed by atoms with Crippen LogP contribution in [0.4, 0.5) is 0 Å². The fraction of sp³-hybridized carbons (Fsp3) is 0.650. The zero-order valence-electron chi connectivity index (χ0n) is 14.6. The van der Waals surface area contributed by atoms with Gasteiger partial charge in [0.2, 0.25) is 5.91 Å². The smallest absolute Gasteiger partial charge is 0.234 e. The Morgan fingerprint density at radius 2 is 2.00 bits per heavy atom. The minimum atomic E-state index is 0.0924. The van der Waals surface area contributed by atoms with Gasteiger partial charge in [-0.05, 0) is 75.6 Å². The summed E-state index contributed by atoms with van der Waals surface area (Å²) in [6.45, 7) is 5.93. The summed E-state index contributed by atoms with van der Waals surface area (Å²) in [6, 6.07) is 7.39. The Morgan fingerprint density at radius 1 is 1.22 bits per heavy atom. The van der Waals surface area contributed by atoms with Gasteiger partial charge in [0, 0.05) is 6.04 Å². The van der Waals surface area contributed by atoms with Crippen molar-refractivity contribution in [3.8, 4) is 0 Å². The Balaban J connectivity index is 1.57. The van der Waals surface area contributed by atoms with Gasteiger partial charge in [-0.25, -0.2) is 0 Å². The predicted octanol–water partition coefficient (Wildman–Crippen LogP) is 3.62. The third-order valence-corrected chi connectivity index (χ3v) is 5.54. The summed E-state index contributed by atoms with van der Waals surface area (Å²) in [7, 11) is 0. The molecule has 1 aromatic carbocycles. The Kier molecular flexibility index (Phi) is 5.37. The maximum atomic E-state index is 12.4. The molecule has 1 aliphatic carbocycles. The summed E-state index contributed by atoms with van der Waals surface area (Å²) in [5, 5.41) is 3.19. The van der Waals surface area contributed by atoms with Crippen molar-refractivity contribution in [1.82, 2.24) is 10.2 Å². The molecule has 3 nitrogen and oxygen atoms in total. The number of hydrogen-bond donors (Lipinski definition) is 1. The van der Waals surface area contributed by atoms with Crippen molar-refractivity contribution >= 4 is 5.91 Å². The zero-order chi connectivity index (χ0) is 16.2. The van der Waals surface area contributed by atoms with E-state index in [-0.39, 0.29) is 11.9 Å². The van der Waals surface area contributed by atoms with E-state index in [4.69, 9.17) is 0 Å². The molecule has 1 saturated heterocycles. The SMILES string of the molecule is C[C@H](NC(=O)CN1CCCC[C@H]1C)c1ccc2c(c1)CCCC2. The lowest BCUT2D eigenvalue weighted by atomic mass is 9.89. The predicted molar refractivity (Wildman–Crippen MR) is 94.5 cm³/mol. The lowest BCUT2D eigenvalue weighted by Gasteiger charge is -2.33. The van der Waals surface area contributed by atoms with E-state index in [0.717, 1.165) is 6.54 Å². The van der Waals surface area contributed by atoms with Gasteiger partial charge in [-0.2, -0.15) is 0 Å². The van der Waals surface area contributed by atoms with Gasteiger partial charge >= 0.3 is 0 Å². The normalized spacial score (nSPS) is 23.1. The molecule has 0 unspecified atom stereocenters. The molecule has 2 aliphatic rings. The van der Waals surface area contributed by atoms with E-state index < -0.39 is 0 Å². The van der Waals surface area contributed by atoms with Gasteiger partial charge in [0.1, 0.15) is 0 Å². The van der Waals surface area contributed by atoms with E-state index in [1.165, 1.54) is 61.6 Å². The van der Waals surface area contributed by atoms with Gasteiger partial charge in [-0.1, -0.05) is 24.6 Å². The number of carbonyl (C=O) groups is 1. The summed E-state index contributed by atoms with van der Waals surface area (Å²) < 4.78 is 0. The van der Waals surface area contributed by atoms with Crippen LogP contribution in [0.25, 0.3) is 0 Å². The Morgan fingerprint density at radius 3 is 2.78 bits per heavy atom. The van der Waals surface area contributed by atoms with Crippen LogP contribution < -0.4 is 5.32 Å². The number of hydrogen-bond acceptors (Lipinski definition) is 2. The minimum absolute atomic E-state index is 0.0924. The van der Waals surface area contributed by atoms with Crippen LogP contribution in [0.15, 0.2) is 18.2 Å². The summed E-state index contributed by atoms with van der Waals surface area (Å²) in [6.07, 6.45) is 8.74. The van der Waals surface area contributed by atoms with Crippen molar-refractivity contribution in [3.63, 3.8) is 0 Å². The number of aryl methyl sites for hydroxylation is 2. The fourth-order valence-electron chi connectivity index (χ4n) is 3.97. The molecule has 1 aromatic rings. The molecule has 126 valence electrons. The van der Waals surface area contributed by atoms with E-state index in [0.29, 0.717) is 12.6 Å². The van der Waals surface area contributed by atoms with Gasteiger partial charge in [0.15, 0.2) is 0 Å². The fourth-order valence-corrected chi connectivity index (χ4v) is 3.97. The Hall–Kier alpha value is -1.35. The van der Waals surface area contributed by atoms with Gasteiger partial charge in [0.05, 0.1) is 12.6 Å². The molecule has 2 atom stereocenters. The second-order valence-electron chi connectivity index (χ2n) is 7.34. The number of likely N-dealkylation sites (tertiary alicyclic amines) is 1. The first-order valence-corrected chi connectivity index (χ1v) is 9.28. The lowest BCUT2D eigenvalue weighted by Crippen LogP contribution is -2.44. The minimum Gasteiger partial charge on any atom is -0.348 e. The zero-order valence-corrected chi connectivity index (χ0v) is 14.6. The van der Waals surface area contributed by atoms with Crippen molar-refractivity contribution in [1.29, 1.82) is 0 Å². The third kappa shape index (κ3) is 4.14. The average Bonchev–Trinajstić information content (AvgIpc) is 2.56. The van der Waals surface area contributed by atoms with Gasteiger partial charge in [-0.3, -0.25) is 9.69 Å². The summed E-state index contributed by atoms with van der Waals surface area (Å²) >= 11 is 0. The van der Waals surface area contributed by atoms with Crippen LogP contribution in [0.3, 0.4) is 0 Å². The number of nitrogens with zero attached hydrogens (tertiary/aromatic N) is 1. The van der Waals surface area contributed by atoms with Crippen LogP contribution in [0.2, 0.25) is 0 Å². The third-order valence-electron chi connectivity index (χ3n) is 5.54. The van der Waals surface area contributed by atoms with Crippen molar-refractivity contribution in [2.75, 3.05) is 13.1 Å². The molecule has 1 fully saturated rings. The maximum absolute atomic E-state index is 12.4. The van der Waals surface area contributed by atoms with Crippen LogP contribution in [-0.4, -0.2) is 29.9 Å². The summed E-state index contributed by atoms with van der Waals surface area (Å²) in [5.41, 5.74) is 4.23. The van der Waals surface area contributed by atoms with Crippen molar-refractivity contribution in [3.05, 3.63) is 34.9 Å². The molecule has 0 bridgehead atoms. The molecule has 0 spiro atoms. The molecule has 0 radical (unpaired) electrons. The van der Waals surface area contributed by atoms with Crippen LogP contribution in [-0.2, 0) is 17.6 Å². The quantitative estimate of drug-likeness (QED) is 0.920. The highest BCUT2D eigenvalue weighted by Crippen LogP contribution is 2.25. The molecular formula is C20H30N2O. The lowest BCUT2D eigenvalue weighted by molar-refractivity contribution is -0.123. The molecular weight excluding hydrogens is 284 g/mol. The van der Waals surface area contributed by atoms with Gasteiger partial charge in [0.25, 0.3) is 0 Å². The molecule has 0 saturated carbocycles. The molecule has 23 heavy (non-hydrogen) atoms. The summed E-state index contributed by atoms with van der Waals surface area (Å²) in [5.74, 6) is 0.156. The number of nitrogens with one attached hydrogen (secondary N) is 1. The second-order valence-corrected chi connectivity index (χ2v) is 7.34. The first-order valence-electron chi connectivity index (χ1n) is 9.28. The molecule has 1 amide bonds. The molecule has 1 N–H and O–H groups in total. The van der Waals surface area contributed by atoms with Gasteiger partial charge in [-0.15, -0.1) is 0 Å². The van der Waals surface area contributed by atoms with Crippen LogP contribution in [0.1, 0.15) is 68.7 Å². The Labute approximate surface area is 140 Å². The number of rotatable bonds is 4. The van der Waals surface area contributed by atoms with E-state index in [1.54, 1.807) is 0 Å². The number of amides is 1. The molecule has 1 aliphatic heterocycles. The van der Waals surface area contributed by atoms with Crippen LogP contribution >= 0.6 is 0 Å². The van der Waals surface area contributed by atoms with Crippen molar-refractivity contribution in [2.24, 2.45) is 0 Å². The van der Waals surface area contributed by atoms with E-state index in [2.05, 4.69) is 42.3 Å². The molecule has 1 heterocycles. The maximum Gasteiger partial charge on any atom is 0.234 e.